The van der Waals surface area contributed by atoms with Crippen molar-refractivity contribution in [3.05, 3.63) is 47.0 Å². The minimum absolute atomic E-state index is 1.17. The van der Waals surface area contributed by atoms with E-state index in [0.29, 0.717) is 0 Å². The van der Waals surface area contributed by atoms with Crippen LogP contribution in [0.25, 0.3) is 0 Å². The second-order valence-corrected chi connectivity index (χ2v) is 3.90. The van der Waals surface area contributed by atoms with Gasteiger partial charge in [-0.15, -0.1) is 0 Å². The molecule has 13 heavy (non-hydrogen) atoms. The summed E-state index contributed by atoms with van der Waals surface area (Å²) in [4.78, 5) is 0. The average Bonchev–Trinajstić information content (AvgIpc) is 2.54. The third-order valence-corrected chi connectivity index (χ3v) is 2.89. The van der Waals surface area contributed by atoms with Crippen LogP contribution in [-0.2, 0) is 6.42 Å². The summed E-state index contributed by atoms with van der Waals surface area (Å²) < 4.78 is 0. The maximum atomic E-state index is 2.28. The van der Waals surface area contributed by atoms with Gasteiger partial charge < -0.3 is 0 Å². The highest BCUT2D eigenvalue weighted by Crippen LogP contribution is 2.27. The van der Waals surface area contributed by atoms with Gasteiger partial charge in [0.05, 0.1) is 0 Å². The van der Waals surface area contributed by atoms with E-state index in [2.05, 4.69) is 37.3 Å². The van der Waals surface area contributed by atoms with E-state index in [0.717, 1.165) is 0 Å². The lowest BCUT2D eigenvalue weighted by molar-refractivity contribution is 0.880. The quantitative estimate of drug-likeness (QED) is 0.596. The predicted molar refractivity (Wildman–Crippen MR) is 56.7 cm³/mol. The highest BCUT2D eigenvalue weighted by molar-refractivity contribution is 5.26. The zero-order chi connectivity index (χ0) is 9.10. The van der Waals surface area contributed by atoms with Crippen LogP contribution in [0.1, 0.15) is 31.7 Å². The van der Waals surface area contributed by atoms with Gasteiger partial charge >= 0.3 is 0 Å². The van der Waals surface area contributed by atoms with Crippen molar-refractivity contribution in [3.8, 4) is 0 Å². The highest BCUT2D eigenvalue weighted by Gasteiger charge is 2.10. The van der Waals surface area contributed by atoms with Crippen molar-refractivity contribution < 1.29 is 0 Å². The summed E-state index contributed by atoms with van der Waals surface area (Å²) in [5.74, 6) is 0. The third kappa shape index (κ3) is 2.00. The molecule has 0 bridgehead atoms. The fourth-order valence-electron chi connectivity index (χ4n) is 2.04. The van der Waals surface area contributed by atoms with E-state index in [9.17, 15) is 0 Å². The minimum atomic E-state index is 1.17. The van der Waals surface area contributed by atoms with Gasteiger partial charge in [0.1, 0.15) is 0 Å². The lowest BCUT2D eigenvalue weighted by Crippen LogP contribution is -1.88. The summed E-state index contributed by atoms with van der Waals surface area (Å²) in [6, 6.07) is 10.8. The van der Waals surface area contributed by atoms with E-state index in [1.807, 2.05) is 0 Å². The Bertz CT molecular complexity index is 306. The van der Waals surface area contributed by atoms with E-state index in [1.54, 1.807) is 11.1 Å². The molecule has 0 N–H and O–H groups in total. The Labute approximate surface area is 80.3 Å². The fourth-order valence-corrected chi connectivity index (χ4v) is 2.04. The normalized spacial score (nSPS) is 16.7. The number of hydrogen-bond donors (Lipinski definition) is 0. The Morgan fingerprint density at radius 2 is 1.85 bits per heavy atom. The molecule has 0 spiro atoms. The second-order valence-electron chi connectivity index (χ2n) is 3.90. The summed E-state index contributed by atoms with van der Waals surface area (Å²) in [6.07, 6.45) is 5.18. The largest absolute Gasteiger partial charge is 0.0738 e. The fraction of sp³-hybridized carbons (Fsp3) is 0.385. The van der Waals surface area contributed by atoms with E-state index in [1.165, 1.54) is 31.2 Å². The molecule has 0 atom stereocenters. The minimum Gasteiger partial charge on any atom is -0.0738 e. The molecule has 0 fully saturated rings. The van der Waals surface area contributed by atoms with Gasteiger partial charge in [-0.25, -0.2) is 0 Å². The van der Waals surface area contributed by atoms with Gasteiger partial charge in [-0.3, -0.25) is 0 Å². The molecule has 0 aromatic heterocycles. The van der Waals surface area contributed by atoms with Crippen molar-refractivity contribution in [2.24, 2.45) is 0 Å². The smallest absolute Gasteiger partial charge is 0.00645 e. The standard InChI is InChI=1S/C13H16/c1-11-6-5-9-13(11)10-12-7-3-2-4-8-12/h2-4,7-8H,5-6,9-10H2,1H3. The first-order chi connectivity index (χ1) is 6.36. The molecule has 0 radical (unpaired) electrons. The van der Waals surface area contributed by atoms with Gasteiger partial charge in [-0.1, -0.05) is 41.5 Å². The van der Waals surface area contributed by atoms with E-state index < -0.39 is 0 Å². The number of rotatable bonds is 2. The van der Waals surface area contributed by atoms with Gasteiger partial charge in [0, 0.05) is 0 Å². The Kier molecular flexibility index (Phi) is 2.49. The first-order valence-corrected chi connectivity index (χ1v) is 5.07. The van der Waals surface area contributed by atoms with Crippen LogP contribution in [0.5, 0.6) is 0 Å². The molecule has 1 aliphatic carbocycles. The Hall–Kier alpha value is -1.04. The summed E-state index contributed by atoms with van der Waals surface area (Å²) in [5, 5.41) is 0. The lowest BCUT2D eigenvalue weighted by Gasteiger charge is -2.03. The molecular formula is C13H16. The van der Waals surface area contributed by atoms with E-state index in [4.69, 9.17) is 0 Å². The molecule has 1 aromatic rings. The summed E-state index contributed by atoms with van der Waals surface area (Å²) in [7, 11) is 0. The molecular weight excluding hydrogens is 156 g/mol. The zero-order valence-electron chi connectivity index (χ0n) is 8.22. The van der Waals surface area contributed by atoms with Crippen LogP contribution in [0.15, 0.2) is 41.5 Å². The summed E-state index contributed by atoms with van der Waals surface area (Å²) in [6.45, 7) is 2.28. The van der Waals surface area contributed by atoms with Crippen LogP contribution in [0.3, 0.4) is 0 Å². The molecule has 2 rings (SSSR count). The van der Waals surface area contributed by atoms with Crippen molar-refractivity contribution >= 4 is 0 Å². The van der Waals surface area contributed by atoms with Gasteiger partial charge in [-0.05, 0) is 38.2 Å². The van der Waals surface area contributed by atoms with Crippen LogP contribution < -0.4 is 0 Å². The lowest BCUT2D eigenvalue weighted by atomic mass is 10.0. The molecule has 0 amide bonds. The van der Waals surface area contributed by atoms with Crippen molar-refractivity contribution in [2.75, 3.05) is 0 Å². The SMILES string of the molecule is CC1=C(Cc2ccccc2)CCC1. The molecule has 0 saturated heterocycles. The van der Waals surface area contributed by atoms with Crippen LogP contribution in [0, 0.1) is 0 Å². The first-order valence-electron chi connectivity index (χ1n) is 5.07. The highest BCUT2D eigenvalue weighted by atomic mass is 14.2. The van der Waals surface area contributed by atoms with Gasteiger partial charge in [-0.2, -0.15) is 0 Å². The Balaban J connectivity index is 2.11. The molecule has 68 valence electrons. The zero-order valence-corrected chi connectivity index (χ0v) is 8.22. The molecule has 0 nitrogen and oxygen atoms in total. The van der Waals surface area contributed by atoms with Crippen LogP contribution in [-0.4, -0.2) is 0 Å². The van der Waals surface area contributed by atoms with Gasteiger partial charge in [0.25, 0.3) is 0 Å². The molecule has 1 aliphatic rings. The number of hydrogen-bond acceptors (Lipinski definition) is 0. The van der Waals surface area contributed by atoms with Gasteiger partial charge in [0.2, 0.25) is 0 Å². The third-order valence-electron chi connectivity index (χ3n) is 2.89. The van der Waals surface area contributed by atoms with Crippen LogP contribution in [0.4, 0.5) is 0 Å². The molecule has 0 unspecified atom stereocenters. The molecule has 0 aliphatic heterocycles. The Morgan fingerprint density at radius 3 is 2.46 bits per heavy atom. The van der Waals surface area contributed by atoms with Crippen molar-refractivity contribution in [1.82, 2.24) is 0 Å². The van der Waals surface area contributed by atoms with Crippen LogP contribution in [0.2, 0.25) is 0 Å². The topological polar surface area (TPSA) is 0 Å². The average molecular weight is 172 g/mol. The maximum absolute atomic E-state index is 2.28. The van der Waals surface area contributed by atoms with Crippen LogP contribution >= 0.6 is 0 Å². The van der Waals surface area contributed by atoms with E-state index in [-0.39, 0.29) is 0 Å². The molecule has 0 heterocycles. The predicted octanol–water partition coefficient (Wildman–Crippen LogP) is 3.73. The van der Waals surface area contributed by atoms with Crippen molar-refractivity contribution in [2.45, 2.75) is 32.6 Å². The molecule has 0 saturated carbocycles. The number of benzene rings is 1. The Morgan fingerprint density at radius 1 is 1.08 bits per heavy atom. The number of allylic oxidation sites excluding steroid dienone is 2. The first kappa shape index (κ1) is 8.55. The summed E-state index contributed by atoms with van der Waals surface area (Å²) in [5.41, 5.74) is 4.76. The maximum Gasteiger partial charge on any atom is -0.00645 e. The van der Waals surface area contributed by atoms with E-state index >= 15 is 0 Å². The summed E-state index contributed by atoms with van der Waals surface area (Å²) >= 11 is 0. The molecule has 1 aromatic carbocycles. The second kappa shape index (κ2) is 3.78. The van der Waals surface area contributed by atoms with Gasteiger partial charge in [0.15, 0.2) is 0 Å². The monoisotopic (exact) mass is 172 g/mol. The van der Waals surface area contributed by atoms with Crippen molar-refractivity contribution in [1.29, 1.82) is 0 Å². The van der Waals surface area contributed by atoms with Crippen molar-refractivity contribution in [3.63, 3.8) is 0 Å². The molecule has 0 heteroatoms.